The molecule has 1 unspecified atom stereocenters. The monoisotopic (exact) mass is 384 g/mol. The molecule has 0 aliphatic carbocycles. The van der Waals surface area contributed by atoms with Gasteiger partial charge in [0, 0.05) is 18.1 Å². The van der Waals surface area contributed by atoms with Gasteiger partial charge < -0.3 is 14.5 Å². The Labute approximate surface area is 169 Å². The van der Waals surface area contributed by atoms with Crippen LogP contribution in [0.3, 0.4) is 0 Å². The highest BCUT2D eigenvalue weighted by molar-refractivity contribution is 6.16. The number of hydrogen-bond acceptors (Lipinski definition) is 4. The molecule has 0 radical (unpaired) electrons. The van der Waals surface area contributed by atoms with Gasteiger partial charge in [0.2, 0.25) is 5.91 Å². The molecule has 1 spiro atoms. The van der Waals surface area contributed by atoms with Gasteiger partial charge in [-0.3, -0.25) is 4.79 Å². The molecule has 5 rings (SSSR count). The first-order chi connectivity index (χ1) is 14.2. The van der Waals surface area contributed by atoms with Crippen LogP contribution >= 0.6 is 0 Å². The molecule has 144 valence electrons. The van der Waals surface area contributed by atoms with Crippen LogP contribution in [-0.4, -0.2) is 29.9 Å². The molecule has 0 saturated heterocycles. The minimum atomic E-state index is -1.13. The Morgan fingerprint density at radius 2 is 1.83 bits per heavy atom. The summed E-state index contributed by atoms with van der Waals surface area (Å²) < 4.78 is 5.09. The van der Waals surface area contributed by atoms with Crippen LogP contribution in [0.25, 0.3) is 0 Å². The molecule has 3 heterocycles. The first-order valence-corrected chi connectivity index (χ1v) is 9.56. The van der Waals surface area contributed by atoms with Gasteiger partial charge in [0.1, 0.15) is 5.41 Å². The van der Waals surface area contributed by atoms with E-state index in [9.17, 15) is 9.59 Å². The van der Waals surface area contributed by atoms with Gasteiger partial charge in [-0.1, -0.05) is 60.7 Å². The number of carbonyl (C=O) groups excluding carboxylic acids is 2. The zero-order chi connectivity index (χ0) is 20.0. The lowest BCUT2D eigenvalue weighted by Crippen LogP contribution is -2.51. The van der Waals surface area contributed by atoms with E-state index in [1.54, 1.807) is 11.1 Å². The van der Waals surface area contributed by atoms with E-state index in [-0.39, 0.29) is 11.9 Å². The van der Waals surface area contributed by atoms with E-state index in [1.165, 1.54) is 7.11 Å². The van der Waals surface area contributed by atoms with Crippen molar-refractivity contribution in [1.29, 1.82) is 0 Å². The normalized spacial score (nSPS) is 24.0. The summed E-state index contributed by atoms with van der Waals surface area (Å²) in [5.41, 5.74) is 1.95. The van der Waals surface area contributed by atoms with Gasteiger partial charge in [0.15, 0.2) is 0 Å². The van der Waals surface area contributed by atoms with Crippen LogP contribution in [0.4, 0.5) is 5.69 Å². The fraction of sp³-hybridized carbons (Fsp3) is 0.167. The van der Waals surface area contributed by atoms with Gasteiger partial charge in [0.25, 0.3) is 0 Å². The van der Waals surface area contributed by atoms with Gasteiger partial charge in [-0.25, -0.2) is 4.79 Å². The van der Waals surface area contributed by atoms with Crippen LogP contribution in [0.5, 0.6) is 0 Å². The topological polar surface area (TPSA) is 49.9 Å². The number of para-hydroxylation sites is 1. The maximum Gasteiger partial charge on any atom is 0.336 e. The summed E-state index contributed by atoms with van der Waals surface area (Å²) in [6.45, 7) is 0.444. The molecule has 0 N–H and O–H groups in total. The van der Waals surface area contributed by atoms with Crippen molar-refractivity contribution >= 4 is 17.6 Å². The Bertz CT molecular complexity index is 1090. The molecular weight excluding hydrogens is 364 g/mol. The summed E-state index contributed by atoms with van der Waals surface area (Å²) in [7, 11) is 1.35. The van der Waals surface area contributed by atoms with E-state index in [4.69, 9.17) is 4.74 Å². The Kier molecular flexibility index (Phi) is 3.91. The average molecular weight is 384 g/mol. The molecule has 2 aromatic rings. The molecule has 2 atom stereocenters. The van der Waals surface area contributed by atoms with Crippen LogP contribution in [0.1, 0.15) is 11.1 Å². The number of allylic oxidation sites excluding steroid dienone is 2. The first-order valence-electron chi connectivity index (χ1n) is 9.56. The molecule has 5 heteroatoms. The Morgan fingerprint density at radius 1 is 1.07 bits per heavy atom. The van der Waals surface area contributed by atoms with Crippen molar-refractivity contribution in [2.24, 2.45) is 0 Å². The second kappa shape index (κ2) is 6.48. The zero-order valence-electron chi connectivity index (χ0n) is 16.0. The van der Waals surface area contributed by atoms with E-state index < -0.39 is 11.4 Å². The van der Waals surface area contributed by atoms with Crippen LogP contribution in [0.2, 0.25) is 0 Å². The van der Waals surface area contributed by atoms with Crippen molar-refractivity contribution in [1.82, 2.24) is 4.90 Å². The van der Waals surface area contributed by atoms with Crippen molar-refractivity contribution in [2.45, 2.75) is 18.0 Å². The summed E-state index contributed by atoms with van der Waals surface area (Å²) in [4.78, 5) is 30.6. The molecule has 29 heavy (non-hydrogen) atoms. The zero-order valence-corrected chi connectivity index (χ0v) is 16.0. The third-order valence-corrected chi connectivity index (χ3v) is 5.92. The fourth-order valence-electron chi connectivity index (χ4n) is 4.68. The van der Waals surface area contributed by atoms with E-state index in [2.05, 4.69) is 0 Å². The lowest BCUT2D eigenvalue weighted by atomic mass is 9.71. The summed E-state index contributed by atoms with van der Waals surface area (Å²) in [5.74, 6) is -0.586. The number of hydrogen-bond donors (Lipinski definition) is 0. The number of carbonyl (C=O) groups is 2. The van der Waals surface area contributed by atoms with Gasteiger partial charge in [-0.15, -0.1) is 0 Å². The van der Waals surface area contributed by atoms with Crippen molar-refractivity contribution < 1.29 is 14.3 Å². The van der Waals surface area contributed by atoms with Gasteiger partial charge >= 0.3 is 5.97 Å². The summed E-state index contributed by atoms with van der Waals surface area (Å²) in [5, 5.41) is 0. The van der Waals surface area contributed by atoms with Crippen LogP contribution in [0, 0.1) is 0 Å². The van der Waals surface area contributed by atoms with Crippen molar-refractivity contribution in [3.8, 4) is 0 Å². The molecular formula is C24H20N2O3. The predicted molar refractivity (Wildman–Crippen MR) is 110 cm³/mol. The largest absolute Gasteiger partial charge is 0.466 e. The number of rotatable bonds is 3. The molecule has 0 aromatic heterocycles. The number of fused-ring (bicyclic) bond motifs is 4. The fourth-order valence-corrected chi connectivity index (χ4v) is 4.68. The second-order valence-electron chi connectivity index (χ2n) is 7.35. The maximum atomic E-state index is 14.1. The molecule has 0 fully saturated rings. The Morgan fingerprint density at radius 3 is 2.62 bits per heavy atom. The Hall–Kier alpha value is -3.60. The highest BCUT2D eigenvalue weighted by Gasteiger charge is 2.63. The third-order valence-electron chi connectivity index (χ3n) is 5.92. The minimum absolute atomic E-state index is 0.105. The molecule has 2 aromatic carbocycles. The molecule has 1 amide bonds. The predicted octanol–water partition coefficient (Wildman–Crippen LogP) is 3.30. The van der Waals surface area contributed by atoms with Crippen molar-refractivity contribution in [3.05, 3.63) is 102 Å². The maximum absolute atomic E-state index is 14.1. The van der Waals surface area contributed by atoms with E-state index in [1.807, 2.05) is 83.9 Å². The molecule has 0 saturated carbocycles. The molecule has 3 aliphatic heterocycles. The van der Waals surface area contributed by atoms with E-state index >= 15 is 0 Å². The molecule has 0 bridgehead atoms. The van der Waals surface area contributed by atoms with Crippen LogP contribution in [-0.2, 0) is 26.3 Å². The number of nitrogens with zero attached hydrogens (tertiary/aromatic N) is 2. The Balaban J connectivity index is 1.70. The first kappa shape index (κ1) is 17.5. The number of esters is 1. The SMILES string of the molecule is COC(=O)C1=CN2C=CC=CC2[C@]12C(=O)N(Cc1ccccc1)c1ccccc12. The minimum Gasteiger partial charge on any atom is -0.466 e. The van der Waals surface area contributed by atoms with Crippen LogP contribution in [0.15, 0.2) is 90.8 Å². The van der Waals surface area contributed by atoms with Crippen LogP contribution < -0.4 is 4.90 Å². The van der Waals surface area contributed by atoms with Crippen molar-refractivity contribution in [2.75, 3.05) is 12.0 Å². The van der Waals surface area contributed by atoms with E-state index in [0.29, 0.717) is 12.1 Å². The lowest BCUT2D eigenvalue weighted by molar-refractivity contribution is -0.138. The van der Waals surface area contributed by atoms with Gasteiger partial charge in [0.05, 0.1) is 25.3 Å². The molecule has 5 nitrogen and oxygen atoms in total. The number of benzene rings is 2. The molecule has 3 aliphatic rings. The third kappa shape index (κ3) is 2.34. The quantitative estimate of drug-likeness (QED) is 0.762. The standard InChI is InChI=1S/C24H20N2O3/c1-29-22(27)19-16-25-14-8-7-13-21(25)24(19)18-11-5-6-12-20(18)26(23(24)28)15-17-9-3-2-4-10-17/h2-14,16,21H,15H2,1H3/t21?,24-/m1/s1. The highest BCUT2D eigenvalue weighted by Crippen LogP contribution is 2.54. The average Bonchev–Trinajstić information content (AvgIpc) is 3.24. The van der Waals surface area contributed by atoms with Gasteiger partial charge in [-0.2, -0.15) is 0 Å². The smallest absolute Gasteiger partial charge is 0.336 e. The van der Waals surface area contributed by atoms with Gasteiger partial charge in [-0.05, 0) is 23.3 Å². The van der Waals surface area contributed by atoms with Crippen molar-refractivity contribution in [3.63, 3.8) is 0 Å². The lowest BCUT2D eigenvalue weighted by Gasteiger charge is -2.34. The number of ether oxygens (including phenoxy) is 1. The summed E-state index contributed by atoms with van der Waals surface area (Å²) >= 11 is 0. The van der Waals surface area contributed by atoms with E-state index in [0.717, 1.165) is 16.8 Å². The second-order valence-corrected chi connectivity index (χ2v) is 7.35. The number of methoxy groups -OCH3 is 1. The summed E-state index contributed by atoms with van der Waals surface area (Å²) in [6.07, 6.45) is 9.43. The number of anilines is 1. The highest BCUT2D eigenvalue weighted by atomic mass is 16.5. The summed E-state index contributed by atoms with van der Waals surface area (Å²) in [6, 6.07) is 17.3. The number of amides is 1.